The van der Waals surface area contributed by atoms with Crippen LogP contribution in [0.2, 0.25) is 0 Å². The molecule has 1 aromatic heterocycles. The van der Waals surface area contributed by atoms with Crippen molar-refractivity contribution in [3.05, 3.63) is 17.8 Å². The molecule has 0 amide bonds. The standard InChI is InChI=1S/C9H14N2O2/c12-6-8-5-11-9(13-8)7-2-1-3-10-4-7/h5,7,10,12H,1-4,6H2. The summed E-state index contributed by atoms with van der Waals surface area (Å²) in [7, 11) is 0. The number of aliphatic hydroxyl groups is 1. The van der Waals surface area contributed by atoms with Crippen LogP contribution in [-0.4, -0.2) is 23.2 Å². The van der Waals surface area contributed by atoms with Crippen LogP contribution in [0, 0.1) is 0 Å². The Kier molecular flexibility index (Phi) is 2.61. The fourth-order valence-corrected chi connectivity index (χ4v) is 1.65. The first-order chi connectivity index (χ1) is 6.40. The fourth-order valence-electron chi connectivity index (χ4n) is 1.65. The normalized spacial score (nSPS) is 23.3. The van der Waals surface area contributed by atoms with E-state index in [-0.39, 0.29) is 6.61 Å². The van der Waals surface area contributed by atoms with Crippen LogP contribution in [0.1, 0.15) is 30.4 Å². The third-order valence-corrected chi connectivity index (χ3v) is 2.37. The second-order valence-electron chi connectivity index (χ2n) is 3.37. The van der Waals surface area contributed by atoms with Crippen molar-refractivity contribution in [1.29, 1.82) is 0 Å². The van der Waals surface area contributed by atoms with Crippen LogP contribution in [0.5, 0.6) is 0 Å². The first kappa shape index (κ1) is 8.72. The summed E-state index contributed by atoms with van der Waals surface area (Å²) < 4.78 is 5.37. The van der Waals surface area contributed by atoms with Gasteiger partial charge in [0, 0.05) is 12.5 Å². The maximum atomic E-state index is 8.80. The van der Waals surface area contributed by atoms with Gasteiger partial charge in [-0.15, -0.1) is 0 Å². The molecule has 2 heterocycles. The number of nitrogens with one attached hydrogen (secondary N) is 1. The van der Waals surface area contributed by atoms with Crippen LogP contribution in [0.25, 0.3) is 0 Å². The third-order valence-electron chi connectivity index (χ3n) is 2.37. The molecule has 1 fully saturated rings. The Hall–Kier alpha value is -0.870. The maximum Gasteiger partial charge on any atom is 0.198 e. The van der Waals surface area contributed by atoms with Crippen LogP contribution in [-0.2, 0) is 6.61 Å². The molecule has 0 aromatic carbocycles. The highest BCUT2D eigenvalue weighted by atomic mass is 16.4. The third kappa shape index (κ3) is 1.89. The summed E-state index contributed by atoms with van der Waals surface area (Å²) in [5.41, 5.74) is 0. The van der Waals surface area contributed by atoms with Crippen molar-refractivity contribution in [2.45, 2.75) is 25.4 Å². The zero-order valence-electron chi connectivity index (χ0n) is 7.49. The van der Waals surface area contributed by atoms with Crippen LogP contribution in [0.4, 0.5) is 0 Å². The quantitative estimate of drug-likeness (QED) is 0.704. The number of aromatic nitrogens is 1. The van der Waals surface area contributed by atoms with Gasteiger partial charge in [-0.05, 0) is 19.4 Å². The Morgan fingerprint density at radius 1 is 1.69 bits per heavy atom. The maximum absolute atomic E-state index is 8.80. The Morgan fingerprint density at radius 3 is 3.23 bits per heavy atom. The van der Waals surface area contributed by atoms with Crippen molar-refractivity contribution in [3.63, 3.8) is 0 Å². The molecule has 0 radical (unpaired) electrons. The lowest BCUT2D eigenvalue weighted by atomic mass is 10.00. The summed E-state index contributed by atoms with van der Waals surface area (Å²) in [4.78, 5) is 4.14. The van der Waals surface area contributed by atoms with Crippen LogP contribution < -0.4 is 5.32 Å². The Balaban J connectivity index is 2.05. The number of nitrogens with zero attached hydrogens (tertiary/aromatic N) is 1. The van der Waals surface area contributed by atoms with Gasteiger partial charge in [0.2, 0.25) is 0 Å². The van der Waals surface area contributed by atoms with E-state index >= 15 is 0 Å². The largest absolute Gasteiger partial charge is 0.443 e. The van der Waals surface area contributed by atoms with Gasteiger partial charge in [0.05, 0.1) is 6.20 Å². The molecule has 0 bridgehead atoms. The molecule has 4 heteroatoms. The Labute approximate surface area is 77.0 Å². The van der Waals surface area contributed by atoms with Gasteiger partial charge < -0.3 is 14.8 Å². The lowest BCUT2D eigenvalue weighted by molar-refractivity contribution is 0.238. The average molecular weight is 182 g/mol. The molecular formula is C9H14N2O2. The van der Waals surface area contributed by atoms with Gasteiger partial charge in [0.15, 0.2) is 5.89 Å². The van der Waals surface area contributed by atoms with Crippen LogP contribution >= 0.6 is 0 Å². The molecule has 72 valence electrons. The van der Waals surface area contributed by atoms with Gasteiger partial charge in [-0.3, -0.25) is 0 Å². The molecule has 2 N–H and O–H groups in total. The van der Waals surface area contributed by atoms with Gasteiger partial charge in [0.25, 0.3) is 0 Å². The van der Waals surface area contributed by atoms with E-state index in [1.165, 1.54) is 6.42 Å². The number of aliphatic hydroxyl groups excluding tert-OH is 1. The van der Waals surface area contributed by atoms with Gasteiger partial charge >= 0.3 is 0 Å². The van der Waals surface area contributed by atoms with Gasteiger partial charge in [-0.1, -0.05) is 0 Å². The zero-order valence-corrected chi connectivity index (χ0v) is 7.49. The average Bonchev–Trinajstić information content (AvgIpc) is 2.67. The minimum atomic E-state index is -0.0624. The Morgan fingerprint density at radius 2 is 2.62 bits per heavy atom. The molecule has 1 unspecified atom stereocenters. The SMILES string of the molecule is OCc1cnc(C2CCCNC2)o1. The highest BCUT2D eigenvalue weighted by molar-refractivity contribution is 4.99. The van der Waals surface area contributed by atoms with Crippen LogP contribution in [0.3, 0.4) is 0 Å². The van der Waals surface area contributed by atoms with Gasteiger partial charge in [0.1, 0.15) is 12.4 Å². The molecule has 13 heavy (non-hydrogen) atoms. The van der Waals surface area contributed by atoms with Crippen molar-refractivity contribution in [2.75, 3.05) is 13.1 Å². The first-order valence-electron chi connectivity index (χ1n) is 4.66. The molecule has 2 rings (SSSR count). The number of hydrogen-bond donors (Lipinski definition) is 2. The van der Waals surface area contributed by atoms with E-state index < -0.39 is 0 Å². The topological polar surface area (TPSA) is 58.3 Å². The number of rotatable bonds is 2. The summed E-state index contributed by atoms with van der Waals surface area (Å²) in [5, 5.41) is 12.1. The van der Waals surface area contributed by atoms with E-state index in [9.17, 15) is 0 Å². The molecule has 0 saturated carbocycles. The van der Waals surface area contributed by atoms with Crippen molar-refractivity contribution >= 4 is 0 Å². The van der Waals surface area contributed by atoms with Gasteiger partial charge in [-0.2, -0.15) is 0 Å². The van der Waals surface area contributed by atoms with Crippen molar-refractivity contribution in [3.8, 4) is 0 Å². The van der Waals surface area contributed by atoms with Crippen molar-refractivity contribution < 1.29 is 9.52 Å². The number of hydrogen-bond acceptors (Lipinski definition) is 4. The molecule has 1 aromatic rings. The molecule has 1 aliphatic heterocycles. The zero-order chi connectivity index (χ0) is 9.10. The van der Waals surface area contributed by atoms with Crippen molar-refractivity contribution in [2.24, 2.45) is 0 Å². The number of piperidine rings is 1. The summed E-state index contributed by atoms with van der Waals surface area (Å²) in [5.74, 6) is 1.70. The molecule has 4 nitrogen and oxygen atoms in total. The van der Waals surface area contributed by atoms with E-state index in [4.69, 9.17) is 9.52 Å². The van der Waals surface area contributed by atoms with Crippen molar-refractivity contribution in [1.82, 2.24) is 10.3 Å². The molecular weight excluding hydrogens is 168 g/mol. The summed E-state index contributed by atoms with van der Waals surface area (Å²) in [6.45, 7) is 1.96. The highest BCUT2D eigenvalue weighted by Gasteiger charge is 2.19. The van der Waals surface area contributed by atoms with Gasteiger partial charge in [-0.25, -0.2) is 4.98 Å². The summed E-state index contributed by atoms with van der Waals surface area (Å²) in [6.07, 6.45) is 3.89. The molecule has 0 aliphatic carbocycles. The predicted octanol–water partition coefficient (Wildman–Crippen LogP) is 0.634. The van der Waals surface area contributed by atoms with Crippen LogP contribution in [0.15, 0.2) is 10.6 Å². The summed E-state index contributed by atoms with van der Waals surface area (Å²) >= 11 is 0. The Bertz CT molecular complexity index is 266. The second kappa shape index (κ2) is 3.89. The molecule has 0 spiro atoms. The minimum absolute atomic E-state index is 0.0624. The smallest absolute Gasteiger partial charge is 0.198 e. The van der Waals surface area contributed by atoms with E-state index in [1.807, 2.05) is 0 Å². The second-order valence-corrected chi connectivity index (χ2v) is 3.37. The van der Waals surface area contributed by atoms with E-state index in [0.717, 1.165) is 25.4 Å². The molecule has 1 aliphatic rings. The fraction of sp³-hybridized carbons (Fsp3) is 0.667. The lowest BCUT2D eigenvalue weighted by Gasteiger charge is -2.19. The van der Waals surface area contributed by atoms with E-state index in [0.29, 0.717) is 11.7 Å². The molecule has 1 saturated heterocycles. The predicted molar refractivity (Wildman–Crippen MR) is 47.3 cm³/mol. The van der Waals surface area contributed by atoms with E-state index in [1.54, 1.807) is 6.20 Å². The first-order valence-corrected chi connectivity index (χ1v) is 4.66. The van der Waals surface area contributed by atoms with E-state index in [2.05, 4.69) is 10.3 Å². The lowest BCUT2D eigenvalue weighted by Crippen LogP contribution is -2.28. The molecule has 1 atom stereocenters. The summed E-state index contributed by atoms with van der Waals surface area (Å²) in [6, 6.07) is 0. The number of oxazole rings is 1. The minimum Gasteiger partial charge on any atom is -0.443 e. The highest BCUT2D eigenvalue weighted by Crippen LogP contribution is 2.22. The monoisotopic (exact) mass is 182 g/mol.